The zero-order chi connectivity index (χ0) is 10.1. The maximum Gasteiger partial charge on any atom is 0.326 e. The summed E-state index contributed by atoms with van der Waals surface area (Å²) in [5.74, 6) is -0.103. The van der Waals surface area contributed by atoms with Crippen molar-refractivity contribution in [3.05, 3.63) is 0 Å². The first-order valence-electron chi connectivity index (χ1n) is 4.82. The highest BCUT2D eigenvalue weighted by Crippen LogP contribution is 2.33. The van der Waals surface area contributed by atoms with Crippen LogP contribution in [0.15, 0.2) is 0 Å². The van der Waals surface area contributed by atoms with Crippen molar-refractivity contribution in [3.63, 3.8) is 0 Å². The monoisotopic (exact) mass is 185 g/mol. The number of carbonyl (C=O) groups excluding carboxylic acids is 1. The first-order chi connectivity index (χ1) is 5.90. The second-order valence-electron chi connectivity index (χ2n) is 4.69. The molecular formula is C10H19NO2. The van der Waals surface area contributed by atoms with E-state index < -0.39 is 0 Å². The van der Waals surface area contributed by atoms with E-state index in [0.29, 0.717) is 0 Å². The van der Waals surface area contributed by atoms with Crippen LogP contribution in [0.1, 0.15) is 40.0 Å². The Kier molecular flexibility index (Phi) is 2.66. The molecule has 0 saturated heterocycles. The van der Waals surface area contributed by atoms with Gasteiger partial charge < -0.3 is 10.1 Å². The molecule has 1 saturated carbocycles. The summed E-state index contributed by atoms with van der Waals surface area (Å²) in [6.45, 7) is 5.69. The Morgan fingerprint density at radius 3 is 2.15 bits per heavy atom. The maximum absolute atomic E-state index is 11.7. The van der Waals surface area contributed by atoms with E-state index in [1.165, 1.54) is 0 Å². The molecule has 3 heteroatoms. The molecule has 0 aromatic carbocycles. The van der Waals surface area contributed by atoms with Gasteiger partial charge in [-0.2, -0.15) is 0 Å². The van der Waals surface area contributed by atoms with Crippen molar-refractivity contribution >= 4 is 5.97 Å². The number of nitrogens with one attached hydrogen (secondary N) is 1. The van der Waals surface area contributed by atoms with Gasteiger partial charge in [0.25, 0.3) is 0 Å². The quantitative estimate of drug-likeness (QED) is 0.662. The smallest absolute Gasteiger partial charge is 0.326 e. The van der Waals surface area contributed by atoms with E-state index in [1.807, 2.05) is 27.8 Å². The van der Waals surface area contributed by atoms with Crippen molar-refractivity contribution < 1.29 is 9.53 Å². The van der Waals surface area contributed by atoms with Crippen LogP contribution in [0.4, 0.5) is 0 Å². The summed E-state index contributed by atoms with van der Waals surface area (Å²) < 4.78 is 5.33. The summed E-state index contributed by atoms with van der Waals surface area (Å²) in [4.78, 5) is 11.7. The van der Waals surface area contributed by atoms with Gasteiger partial charge in [-0.1, -0.05) is 0 Å². The van der Waals surface area contributed by atoms with Crippen LogP contribution >= 0.6 is 0 Å². The van der Waals surface area contributed by atoms with Crippen LogP contribution in [0, 0.1) is 0 Å². The molecule has 0 unspecified atom stereocenters. The van der Waals surface area contributed by atoms with Gasteiger partial charge in [-0.3, -0.25) is 4.79 Å². The van der Waals surface area contributed by atoms with E-state index in [9.17, 15) is 4.79 Å². The minimum atomic E-state index is -0.382. The standard InChI is InChI=1S/C10H19NO2/c1-9(2,3)13-8(12)10(11-4)6-5-7-10/h11H,5-7H2,1-4H3. The predicted octanol–water partition coefficient (Wildman–Crippen LogP) is 1.47. The van der Waals surface area contributed by atoms with Crippen molar-refractivity contribution in [3.8, 4) is 0 Å². The van der Waals surface area contributed by atoms with Gasteiger partial charge in [0.1, 0.15) is 11.1 Å². The first kappa shape index (κ1) is 10.5. The molecule has 0 amide bonds. The van der Waals surface area contributed by atoms with Crippen molar-refractivity contribution in [2.24, 2.45) is 0 Å². The van der Waals surface area contributed by atoms with E-state index >= 15 is 0 Å². The largest absolute Gasteiger partial charge is 0.459 e. The Balaban J connectivity index is 2.56. The lowest BCUT2D eigenvalue weighted by Crippen LogP contribution is -2.57. The third kappa shape index (κ3) is 2.21. The highest BCUT2D eigenvalue weighted by Gasteiger charge is 2.45. The number of carbonyl (C=O) groups is 1. The zero-order valence-electron chi connectivity index (χ0n) is 8.94. The van der Waals surface area contributed by atoms with Gasteiger partial charge in [0, 0.05) is 0 Å². The van der Waals surface area contributed by atoms with Gasteiger partial charge in [-0.05, 0) is 47.1 Å². The molecule has 0 radical (unpaired) electrons. The van der Waals surface area contributed by atoms with Crippen LogP contribution in [-0.4, -0.2) is 24.2 Å². The van der Waals surface area contributed by atoms with Gasteiger partial charge in [-0.15, -0.1) is 0 Å². The second-order valence-corrected chi connectivity index (χ2v) is 4.69. The molecule has 0 aliphatic heterocycles. The van der Waals surface area contributed by atoms with E-state index in [0.717, 1.165) is 19.3 Å². The maximum atomic E-state index is 11.7. The molecule has 0 heterocycles. The van der Waals surface area contributed by atoms with Gasteiger partial charge in [-0.25, -0.2) is 0 Å². The molecule has 1 aliphatic rings. The molecule has 1 N–H and O–H groups in total. The van der Waals surface area contributed by atoms with Crippen LogP contribution in [0.2, 0.25) is 0 Å². The highest BCUT2D eigenvalue weighted by atomic mass is 16.6. The van der Waals surface area contributed by atoms with Crippen molar-refractivity contribution in [1.82, 2.24) is 5.32 Å². The van der Waals surface area contributed by atoms with E-state index in [2.05, 4.69) is 5.32 Å². The zero-order valence-corrected chi connectivity index (χ0v) is 8.94. The molecule has 0 spiro atoms. The van der Waals surface area contributed by atoms with Crippen molar-refractivity contribution in [2.45, 2.75) is 51.2 Å². The minimum absolute atomic E-state index is 0.103. The summed E-state index contributed by atoms with van der Waals surface area (Å²) >= 11 is 0. The number of hydrogen-bond donors (Lipinski definition) is 1. The molecule has 3 nitrogen and oxygen atoms in total. The van der Waals surface area contributed by atoms with E-state index in [-0.39, 0.29) is 17.1 Å². The third-order valence-corrected chi connectivity index (χ3v) is 2.48. The second kappa shape index (κ2) is 3.29. The Morgan fingerprint density at radius 1 is 1.38 bits per heavy atom. The number of rotatable bonds is 2. The molecule has 1 fully saturated rings. The average Bonchev–Trinajstić information content (AvgIpc) is 1.80. The summed E-state index contributed by atoms with van der Waals surface area (Å²) in [7, 11) is 1.82. The Bertz CT molecular complexity index is 196. The third-order valence-electron chi connectivity index (χ3n) is 2.48. The number of likely N-dealkylation sites (N-methyl/N-ethyl adjacent to an activating group) is 1. The Morgan fingerprint density at radius 2 is 1.92 bits per heavy atom. The fourth-order valence-electron chi connectivity index (χ4n) is 1.46. The van der Waals surface area contributed by atoms with Crippen LogP contribution in [0.25, 0.3) is 0 Å². The predicted molar refractivity (Wildman–Crippen MR) is 51.5 cm³/mol. The minimum Gasteiger partial charge on any atom is -0.459 e. The van der Waals surface area contributed by atoms with Crippen molar-refractivity contribution in [2.75, 3.05) is 7.05 Å². The summed E-state index contributed by atoms with van der Waals surface area (Å²) in [5.41, 5.74) is -0.760. The van der Waals surface area contributed by atoms with Gasteiger partial charge in [0.05, 0.1) is 0 Å². The molecule has 1 aliphatic carbocycles. The van der Waals surface area contributed by atoms with Crippen LogP contribution in [0.5, 0.6) is 0 Å². The van der Waals surface area contributed by atoms with Gasteiger partial charge >= 0.3 is 5.97 Å². The normalized spacial score (nSPS) is 20.6. The molecule has 0 aromatic heterocycles. The lowest BCUT2D eigenvalue weighted by Gasteiger charge is -2.40. The SMILES string of the molecule is CNC1(C(=O)OC(C)(C)C)CCC1. The first-order valence-corrected chi connectivity index (χ1v) is 4.82. The van der Waals surface area contributed by atoms with Gasteiger partial charge in [0.15, 0.2) is 0 Å². The van der Waals surface area contributed by atoms with E-state index in [1.54, 1.807) is 0 Å². The summed E-state index contributed by atoms with van der Waals surface area (Å²) in [5, 5.41) is 3.06. The topological polar surface area (TPSA) is 38.3 Å². The summed E-state index contributed by atoms with van der Waals surface area (Å²) in [6.07, 6.45) is 2.91. The molecular weight excluding hydrogens is 166 g/mol. The number of hydrogen-bond acceptors (Lipinski definition) is 3. The number of ether oxygens (including phenoxy) is 1. The van der Waals surface area contributed by atoms with Crippen LogP contribution in [-0.2, 0) is 9.53 Å². The fraction of sp³-hybridized carbons (Fsp3) is 0.900. The van der Waals surface area contributed by atoms with E-state index in [4.69, 9.17) is 4.74 Å². The molecule has 0 atom stereocenters. The lowest BCUT2D eigenvalue weighted by molar-refractivity contribution is -0.167. The molecule has 1 rings (SSSR count). The van der Waals surface area contributed by atoms with Crippen LogP contribution in [0.3, 0.4) is 0 Å². The number of esters is 1. The fourth-order valence-corrected chi connectivity index (χ4v) is 1.46. The highest BCUT2D eigenvalue weighted by molar-refractivity contribution is 5.82. The molecule has 0 bridgehead atoms. The summed E-state index contributed by atoms with van der Waals surface area (Å²) in [6, 6.07) is 0. The Hall–Kier alpha value is -0.570. The van der Waals surface area contributed by atoms with Crippen LogP contribution < -0.4 is 5.32 Å². The van der Waals surface area contributed by atoms with Crippen molar-refractivity contribution in [1.29, 1.82) is 0 Å². The molecule has 76 valence electrons. The lowest BCUT2D eigenvalue weighted by atomic mass is 9.77. The molecule has 0 aromatic rings. The molecule has 13 heavy (non-hydrogen) atoms. The Labute approximate surface area is 79.8 Å². The average molecular weight is 185 g/mol. The van der Waals surface area contributed by atoms with Gasteiger partial charge in [0.2, 0.25) is 0 Å².